The molecular formula is C15H22N2O2. The van der Waals surface area contributed by atoms with Gasteiger partial charge < -0.3 is 10.0 Å². The average Bonchev–Trinajstić information content (AvgIpc) is 2.65. The van der Waals surface area contributed by atoms with Crippen molar-refractivity contribution in [3.05, 3.63) is 35.4 Å². The molecule has 19 heavy (non-hydrogen) atoms. The van der Waals surface area contributed by atoms with Gasteiger partial charge in [0.25, 0.3) is 5.91 Å². The lowest BCUT2D eigenvalue weighted by atomic mass is 10.1. The van der Waals surface area contributed by atoms with Crippen molar-refractivity contribution in [2.45, 2.75) is 13.3 Å². The zero-order valence-electron chi connectivity index (χ0n) is 11.5. The van der Waals surface area contributed by atoms with E-state index < -0.39 is 0 Å². The maximum absolute atomic E-state index is 12.4. The normalized spacial score (nSPS) is 17.3. The van der Waals surface area contributed by atoms with Gasteiger partial charge in [0.15, 0.2) is 0 Å². The van der Waals surface area contributed by atoms with Crippen LogP contribution in [0.25, 0.3) is 0 Å². The number of aliphatic hydroxyl groups excluding tert-OH is 1. The summed E-state index contributed by atoms with van der Waals surface area (Å²) < 4.78 is 0. The number of hydrogen-bond donors (Lipinski definition) is 1. The van der Waals surface area contributed by atoms with Crippen LogP contribution in [0.15, 0.2) is 24.3 Å². The van der Waals surface area contributed by atoms with Crippen molar-refractivity contribution in [3.63, 3.8) is 0 Å². The summed E-state index contributed by atoms with van der Waals surface area (Å²) in [5.41, 5.74) is 1.93. The van der Waals surface area contributed by atoms with Crippen LogP contribution in [0.2, 0.25) is 0 Å². The third-order valence-corrected chi connectivity index (χ3v) is 3.59. The van der Waals surface area contributed by atoms with Crippen LogP contribution in [0.5, 0.6) is 0 Å². The second-order valence-electron chi connectivity index (χ2n) is 5.08. The minimum Gasteiger partial charge on any atom is -0.395 e. The molecule has 0 aromatic heterocycles. The number of β-amino-alcohol motifs (C(OH)–C–C–N with tert-alkyl or cyclic N) is 1. The van der Waals surface area contributed by atoms with E-state index in [4.69, 9.17) is 5.11 Å². The first kappa shape index (κ1) is 14.0. The molecule has 1 N–H and O–H groups in total. The van der Waals surface area contributed by atoms with E-state index >= 15 is 0 Å². The molecule has 0 atom stereocenters. The van der Waals surface area contributed by atoms with Crippen molar-refractivity contribution in [2.75, 3.05) is 39.3 Å². The fraction of sp³-hybridized carbons (Fsp3) is 0.533. The van der Waals surface area contributed by atoms with Crippen molar-refractivity contribution < 1.29 is 9.90 Å². The SMILES string of the molecule is Cc1ccc(C(=O)N2CCCN(CCO)CC2)cc1. The molecule has 1 heterocycles. The molecule has 0 saturated carbocycles. The first-order chi connectivity index (χ1) is 9.20. The highest BCUT2D eigenvalue weighted by Gasteiger charge is 2.19. The fourth-order valence-electron chi connectivity index (χ4n) is 2.42. The number of rotatable bonds is 3. The summed E-state index contributed by atoms with van der Waals surface area (Å²) in [6, 6.07) is 7.74. The number of amides is 1. The Labute approximate surface area is 114 Å². The molecule has 104 valence electrons. The van der Waals surface area contributed by atoms with Crippen LogP contribution < -0.4 is 0 Å². The highest BCUT2D eigenvalue weighted by atomic mass is 16.3. The maximum Gasteiger partial charge on any atom is 0.253 e. The van der Waals surface area contributed by atoms with Gasteiger partial charge >= 0.3 is 0 Å². The first-order valence-electron chi connectivity index (χ1n) is 6.90. The molecule has 0 radical (unpaired) electrons. The Morgan fingerprint density at radius 2 is 1.89 bits per heavy atom. The predicted molar refractivity (Wildman–Crippen MR) is 75.2 cm³/mol. The van der Waals surface area contributed by atoms with Gasteiger partial charge in [-0.15, -0.1) is 0 Å². The van der Waals surface area contributed by atoms with E-state index in [9.17, 15) is 4.79 Å². The van der Waals surface area contributed by atoms with E-state index in [1.165, 1.54) is 5.56 Å². The molecule has 1 saturated heterocycles. The number of carbonyl (C=O) groups is 1. The average molecular weight is 262 g/mol. The molecule has 0 bridgehead atoms. The molecule has 4 nitrogen and oxygen atoms in total. The summed E-state index contributed by atoms with van der Waals surface area (Å²) in [5.74, 6) is 0.117. The van der Waals surface area contributed by atoms with Crippen molar-refractivity contribution in [2.24, 2.45) is 0 Å². The molecule has 4 heteroatoms. The third kappa shape index (κ3) is 3.78. The van der Waals surface area contributed by atoms with Crippen molar-refractivity contribution in [3.8, 4) is 0 Å². The lowest BCUT2D eigenvalue weighted by molar-refractivity contribution is 0.0760. The molecule has 1 aromatic rings. The number of carbonyl (C=O) groups excluding carboxylic acids is 1. The lowest BCUT2D eigenvalue weighted by Gasteiger charge is -2.21. The van der Waals surface area contributed by atoms with E-state index in [0.717, 1.165) is 38.2 Å². The molecule has 0 aliphatic carbocycles. The fourth-order valence-corrected chi connectivity index (χ4v) is 2.42. The highest BCUT2D eigenvalue weighted by molar-refractivity contribution is 5.94. The third-order valence-electron chi connectivity index (χ3n) is 3.59. The molecule has 0 spiro atoms. The summed E-state index contributed by atoms with van der Waals surface area (Å²) in [6.07, 6.45) is 0.970. The summed E-state index contributed by atoms with van der Waals surface area (Å²) >= 11 is 0. The quantitative estimate of drug-likeness (QED) is 0.888. The molecule has 1 amide bonds. The van der Waals surface area contributed by atoms with Crippen LogP contribution in [0.3, 0.4) is 0 Å². The molecule has 1 aliphatic heterocycles. The van der Waals surface area contributed by atoms with Gasteiger partial charge in [-0.05, 0) is 32.0 Å². The van der Waals surface area contributed by atoms with Crippen molar-refractivity contribution in [1.82, 2.24) is 9.80 Å². The van der Waals surface area contributed by atoms with Crippen molar-refractivity contribution >= 4 is 5.91 Å². The van der Waals surface area contributed by atoms with Crippen LogP contribution in [-0.2, 0) is 0 Å². The van der Waals surface area contributed by atoms with Gasteiger partial charge in [-0.25, -0.2) is 0 Å². The molecular weight excluding hydrogens is 240 g/mol. The Kier molecular flexibility index (Phi) is 4.93. The minimum absolute atomic E-state index is 0.117. The Morgan fingerprint density at radius 1 is 1.16 bits per heavy atom. The standard InChI is InChI=1S/C15H22N2O2/c1-13-3-5-14(6-4-13)15(19)17-8-2-7-16(9-10-17)11-12-18/h3-6,18H,2,7-12H2,1H3. The predicted octanol–water partition coefficient (Wildman–Crippen LogP) is 1.14. The van der Waals surface area contributed by atoms with Gasteiger partial charge in [-0.2, -0.15) is 0 Å². The number of nitrogens with zero attached hydrogens (tertiary/aromatic N) is 2. The zero-order chi connectivity index (χ0) is 13.7. The monoisotopic (exact) mass is 262 g/mol. The second kappa shape index (κ2) is 6.68. The smallest absolute Gasteiger partial charge is 0.253 e. The van der Waals surface area contributed by atoms with Gasteiger partial charge in [0.05, 0.1) is 6.61 Å². The summed E-state index contributed by atoms with van der Waals surface area (Å²) in [5, 5.41) is 8.97. The summed E-state index contributed by atoms with van der Waals surface area (Å²) in [6.45, 7) is 6.25. The molecule has 2 rings (SSSR count). The highest BCUT2D eigenvalue weighted by Crippen LogP contribution is 2.10. The van der Waals surface area contributed by atoms with E-state index in [-0.39, 0.29) is 12.5 Å². The molecule has 1 fully saturated rings. The lowest BCUT2D eigenvalue weighted by Crippen LogP contribution is -2.35. The van der Waals surface area contributed by atoms with E-state index in [1.807, 2.05) is 36.1 Å². The largest absolute Gasteiger partial charge is 0.395 e. The van der Waals surface area contributed by atoms with Crippen LogP contribution in [-0.4, -0.2) is 60.1 Å². The second-order valence-corrected chi connectivity index (χ2v) is 5.08. The van der Waals surface area contributed by atoms with Crippen LogP contribution >= 0.6 is 0 Å². The van der Waals surface area contributed by atoms with Gasteiger partial charge in [-0.1, -0.05) is 17.7 Å². The topological polar surface area (TPSA) is 43.8 Å². The number of hydrogen-bond acceptors (Lipinski definition) is 3. The van der Waals surface area contributed by atoms with Crippen LogP contribution in [0, 0.1) is 6.92 Å². The van der Waals surface area contributed by atoms with Gasteiger partial charge in [-0.3, -0.25) is 9.69 Å². The Hall–Kier alpha value is -1.39. The maximum atomic E-state index is 12.4. The summed E-state index contributed by atoms with van der Waals surface area (Å²) in [7, 11) is 0. The Morgan fingerprint density at radius 3 is 2.58 bits per heavy atom. The Balaban J connectivity index is 1.98. The number of benzene rings is 1. The Bertz CT molecular complexity index is 417. The van der Waals surface area contributed by atoms with Gasteiger partial charge in [0, 0.05) is 31.7 Å². The van der Waals surface area contributed by atoms with Gasteiger partial charge in [0.2, 0.25) is 0 Å². The van der Waals surface area contributed by atoms with Crippen LogP contribution in [0.1, 0.15) is 22.3 Å². The molecule has 0 unspecified atom stereocenters. The molecule has 1 aliphatic rings. The van der Waals surface area contributed by atoms with E-state index in [1.54, 1.807) is 0 Å². The summed E-state index contributed by atoms with van der Waals surface area (Å²) in [4.78, 5) is 16.5. The van der Waals surface area contributed by atoms with E-state index in [0.29, 0.717) is 6.54 Å². The molecule has 1 aromatic carbocycles. The number of aryl methyl sites for hydroxylation is 1. The van der Waals surface area contributed by atoms with Gasteiger partial charge in [0.1, 0.15) is 0 Å². The minimum atomic E-state index is 0.117. The van der Waals surface area contributed by atoms with Crippen molar-refractivity contribution in [1.29, 1.82) is 0 Å². The van der Waals surface area contributed by atoms with Crippen LogP contribution in [0.4, 0.5) is 0 Å². The van der Waals surface area contributed by atoms with E-state index in [2.05, 4.69) is 4.90 Å². The zero-order valence-corrected chi connectivity index (χ0v) is 11.5. The number of aliphatic hydroxyl groups is 1. The first-order valence-corrected chi connectivity index (χ1v) is 6.90.